The lowest BCUT2D eigenvalue weighted by Gasteiger charge is -2.39. The van der Waals surface area contributed by atoms with Gasteiger partial charge in [-0.2, -0.15) is 0 Å². The number of rotatable bonds is 1. The molecule has 1 aromatic heterocycles. The molecule has 5 nitrogen and oxygen atoms in total. The second kappa shape index (κ2) is 5.70. The van der Waals surface area contributed by atoms with Crippen molar-refractivity contribution in [3.63, 3.8) is 0 Å². The van der Waals surface area contributed by atoms with Crippen LogP contribution in [-0.2, 0) is 4.74 Å². The molecular weight excluding hydrogens is 311 g/mol. The van der Waals surface area contributed by atoms with Crippen molar-refractivity contribution in [3.05, 3.63) is 46.0 Å². The molecule has 0 aliphatic carbocycles. The van der Waals surface area contributed by atoms with Crippen LogP contribution in [-0.4, -0.2) is 42.1 Å². The van der Waals surface area contributed by atoms with Crippen LogP contribution in [0, 0.1) is 11.2 Å². The van der Waals surface area contributed by atoms with Crippen LogP contribution >= 0.6 is 0 Å². The zero-order valence-corrected chi connectivity index (χ0v) is 13.3. The fourth-order valence-electron chi connectivity index (χ4n) is 3.93. The van der Waals surface area contributed by atoms with Crippen molar-refractivity contribution < 1.29 is 13.9 Å². The van der Waals surface area contributed by atoms with Gasteiger partial charge in [0.05, 0.1) is 12.2 Å². The second-order valence-electron chi connectivity index (χ2n) is 6.87. The number of nitrogens with one attached hydrogen (secondary N) is 1. The van der Waals surface area contributed by atoms with E-state index < -0.39 is 5.82 Å². The van der Waals surface area contributed by atoms with E-state index in [2.05, 4.69) is 4.98 Å². The Kier molecular flexibility index (Phi) is 3.64. The molecule has 2 saturated heterocycles. The smallest absolute Gasteiger partial charge is 0.254 e. The van der Waals surface area contributed by atoms with Crippen molar-refractivity contribution in [3.8, 4) is 0 Å². The molecule has 2 aliphatic heterocycles. The number of hydrogen-bond acceptors (Lipinski definition) is 3. The molecule has 2 fully saturated rings. The molecule has 3 heterocycles. The number of nitrogens with zero attached hydrogens (tertiary/aromatic N) is 1. The second-order valence-corrected chi connectivity index (χ2v) is 6.87. The van der Waals surface area contributed by atoms with Gasteiger partial charge in [0.1, 0.15) is 5.82 Å². The summed E-state index contributed by atoms with van der Waals surface area (Å²) in [5.41, 5.74) is 0.427. The Hall–Kier alpha value is -2.21. The molecule has 1 spiro atoms. The lowest BCUT2D eigenvalue weighted by atomic mass is 9.79. The van der Waals surface area contributed by atoms with Gasteiger partial charge >= 0.3 is 0 Å². The van der Waals surface area contributed by atoms with E-state index in [-0.39, 0.29) is 22.4 Å². The minimum absolute atomic E-state index is 0.0379. The number of halogens is 1. The standard InChI is InChI=1S/C18H19FN2O3/c19-12-2-3-15-13(8-12)14(9-16(22)20-15)17(23)21-6-1-4-18(10-21)5-7-24-11-18/h2-3,8-9H,1,4-7,10-11H2,(H,20,22)/t18-/m1/s1. The van der Waals surface area contributed by atoms with Crippen molar-refractivity contribution in [2.75, 3.05) is 26.3 Å². The quantitative estimate of drug-likeness (QED) is 0.873. The highest BCUT2D eigenvalue weighted by atomic mass is 19.1. The van der Waals surface area contributed by atoms with Gasteiger partial charge in [-0.15, -0.1) is 0 Å². The summed E-state index contributed by atoms with van der Waals surface area (Å²) in [6, 6.07) is 5.34. The zero-order chi connectivity index (χ0) is 16.7. The number of aromatic nitrogens is 1. The summed E-state index contributed by atoms with van der Waals surface area (Å²) in [7, 11) is 0. The van der Waals surface area contributed by atoms with E-state index in [1.807, 2.05) is 0 Å². The van der Waals surface area contributed by atoms with Crippen molar-refractivity contribution in [1.29, 1.82) is 0 Å². The molecule has 2 aromatic rings. The maximum atomic E-state index is 13.6. The average molecular weight is 330 g/mol. The molecule has 6 heteroatoms. The number of amides is 1. The summed E-state index contributed by atoms with van der Waals surface area (Å²) in [6.07, 6.45) is 2.94. The summed E-state index contributed by atoms with van der Waals surface area (Å²) in [5, 5.41) is 0.446. The number of ether oxygens (including phenoxy) is 1. The Balaban J connectivity index is 1.72. The largest absolute Gasteiger partial charge is 0.381 e. The molecule has 24 heavy (non-hydrogen) atoms. The molecule has 1 atom stereocenters. The van der Waals surface area contributed by atoms with Crippen LogP contribution in [0.3, 0.4) is 0 Å². The van der Waals surface area contributed by atoms with E-state index in [1.54, 1.807) is 4.90 Å². The fraction of sp³-hybridized carbons (Fsp3) is 0.444. The summed E-state index contributed by atoms with van der Waals surface area (Å²) in [5.74, 6) is -0.634. The lowest BCUT2D eigenvalue weighted by molar-refractivity contribution is 0.0464. The highest BCUT2D eigenvalue weighted by molar-refractivity contribution is 6.06. The van der Waals surface area contributed by atoms with Gasteiger partial charge in [-0.05, 0) is 37.5 Å². The number of carbonyl (C=O) groups excluding carboxylic acids is 1. The minimum Gasteiger partial charge on any atom is -0.381 e. The van der Waals surface area contributed by atoms with Gasteiger partial charge in [-0.3, -0.25) is 9.59 Å². The maximum absolute atomic E-state index is 13.6. The van der Waals surface area contributed by atoms with E-state index in [9.17, 15) is 14.0 Å². The van der Waals surface area contributed by atoms with E-state index in [1.165, 1.54) is 24.3 Å². The fourth-order valence-corrected chi connectivity index (χ4v) is 3.93. The molecular formula is C18H19FN2O3. The Bertz CT molecular complexity index is 855. The number of aromatic amines is 1. The Morgan fingerprint density at radius 3 is 2.96 bits per heavy atom. The van der Waals surface area contributed by atoms with Crippen LogP contribution < -0.4 is 5.56 Å². The lowest BCUT2D eigenvalue weighted by Crippen LogP contribution is -2.46. The molecule has 2 aliphatic rings. The monoisotopic (exact) mass is 330 g/mol. The predicted octanol–water partition coefficient (Wildman–Crippen LogP) is 2.31. The van der Waals surface area contributed by atoms with E-state index >= 15 is 0 Å². The number of benzene rings is 1. The van der Waals surface area contributed by atoms with Crippen molar-refractivity contribution in [1.82, 2.24) is 9.88 Å². The SMILES string of the molecule is O=C(c1cc(=O)[nH]c2ccc(F)cc12)N1CCC[C@@]2(CCOC2)C1. The van der Waals surface area contributed by atoms with Gasteiger partial charge in [0.15, 0.2) is 0 Å². The molecule has 0 radical (unpaired) electrons. The van der Waals surface area contributed by atoms with Crippen LogP contribution in [0.25, 0.3) is 10.9 Å². The summed E-state index contributed by atoms with van der Waals surface area (Å²) in [4.78, 5) is 29.4. The third-order valence-electron chi connectivity index (χ3n) is 5.17. The first-order valence-electron chi connectivity index (χ1n) is 8.26. The van der Waals surface area contributed by atoms with Gasteiger partial charge in [0.2, 0.25) is 5.56 Å². The van der Waals surface area contributed by atoms with Gasteiger partial charge in [0, 0.05) is 42.1 Å². The summed E-state index contributed by atoms with van der Waals surface area (Å²) < 4.78 is 19.2. The van der Waals surface area contributed by atoms with E-state index in [0.29, 0.717) is 30.6 Å². The van der Waals surface area contributed by atoms with Crippen LogP contribution in [0.4, 0.5) is 4.39 Å². The van der Waals surface area contributed by atoms with Crippen LogP contribution in [0.5, 0.6) is 0 Å². The molecule has 0 bridgehead atoms. The minimum atomic E-state index is -0.428. The summed E-state index contributed by atoms with van der Waals surface area (Å²) in [6.45, 7) is 2.71. The highest BCUT2D eigenvalue weighted by Crippen LogP contribution is 2.38. The number of H-pyrrole nitrogens is 1. The molecule has 1 N–H and O–H groups in total. The first-order chi connectivity index (χ1) is 11.6. The van der Waals surface area contributed by atoms with Crippen molar-refractivity contribution in [2.24, 2.45) is 5.41 Å². The zero-order valence-electron chi connectivity index (χ0n) is 13.3. The van der Waals surface area contributed by atoms with Crippen LogP contribution in [0.15, 0.2) is 29.1 Å². The number of pyridine rings is 1. The topological polar surface area (TPSA) is 62.4 Å². The van der Waals surface area contributed by atoms with E-state index in [4.69, 9.17) is 4.74 Å². The van der Waals surface area contributed by atoms with Crippen LogP contribution in [0.1, 0.15) is 29.6 Å². The van der Waals surface area contributed by atoms with Gasteiger partial charge in [-0.25, -0.2) is 4.39 Å². The molecule has 1 amide bonds. The number of fused-ring (bicyclic) bond motifs is 1. The third kappa shape index (κ3) is 2.60. The third-order valence-corrected chi connectivity index (χ3v) is 5.17. The van der Waals surface area contributed by atoms with Crippen molar-refractivity contribution in [2.45, 2.75) is 19.3 Å². The molecule has 0 unspecified atom stereocenters. The first kappa shape index (κ1) is 15.3. The van der Waals surface area contributed by atoms with E-state index in [0.717, 1.165) is 25.9 Å². The van der Waals surface area contributed by atoms with Crippen molar-refractivity contribution >= 4 is 16.8 Å². The number of hydrogen-bond donors (Lipinski definition) is 1. The average Bonchev–Trinajstić information content (AvgIpc) is 3.01. The normalized spacial score (nSPS) is 24.0. The van der Waals surface area contributed by atoms with Gasteiger partial charge < -0.3 is 14.6 Å². The molecule has 126 valence electrons. The van der Waals surface area contributed by atoms with Gasteiger partial charge in [0.25, 0.3) is 5.91 Å². The molecule has 4 rings (SSSR count). The Labute approximate surface area is 138 Å². The van der Waals surface area contributed by atoms with Crippen LogP contribution in [0.2, 0.25) is 0 Å². The molecule has 1 aromatic carbocycles. The van der Waals surface area contributed by atoms with Gasteiger partial charge in [-0.1, -0.05) is 0 Å². The number of carbonyl (C=O) groups is 1. The molecule has 0 saturated carbocycles. The summed E-state index contributed by atoms with van der Waals surface area (Å²) >= 11 is 0. The maximum Gasteiger partial charge on any atom is 0.254 e. The first-order valence-corrected chi connectivity index (χ1v) is 8.26. The number of piperidine rings is 1. The predicted molar refractivity (Wildman–Crippen MR) is 87.5 cm³/mol. The number of likely N-dealkylation sites (tertiary alicyclic amines) is 1. The highest BCUT2D eigenvalue weighted by Gasteiger charge is 2.40. The Morgan fingerprint density at radius 2 is 2.17 bits per heavy atom. The Morgan fingerprint density at radius 1 is 1.29 bits per heavy atom.